The predicted molar refractivity (Wildman–Crippen MR) is 87.8 cm³/mol. The Hall–Kier alpha value is -2.53. The highest BCUT2D eigenvalue weighted by Gasteiger charge is 2.02. The lowest BCUT2D eigenvalue weighted by molar-refractivity contribution is 1.18. The molecule has 0 bridgehead atoms. The third-order valence-electron chi connectivity index (χ3n) is 2.89. The molecule has 0 aliphatic carbocycles. The second-order valence-electron chi connectivity index (χ2n) is 4.43. The molecule has 0 unspecified atom stereocenters. The molecule has 0 atom stereocenters. The van der Waals surface area contributed by atoms with E-state index in [-0.39, 0.29) is 0 Å². The van der Waals surface area contributed by atoms with Crippen molar-refractivity contribution in [3.05, 3.63) is 67.0 Å². The van der Waals surface area contributed by atoms with Gasteiger partial charge in [0.1, 0.15) is 12.1 Å². The van der Waals surface area contributed by atoms with E-state index in [0.717, 1.165) is 27.7 Å². The lowest BCUT2D eigenvalue weighted by Crippen LogP contribution is -1.93. The summed E-state index contributed by atoms with van der Waals surface area (Å²) in [5, 5.41) is 0. The van der Waals surface area contributed by atoms with Crippen LogP contribution in [0, 0.1) is 0 Å². The van der Waals surface area contributed by atoms with Gasteiger partial charge in [0, 0.05) is 22.2 Å². The van der Waals surface area contributed by atoms with Gasteiger partial charge in [-0.2, -0.15) is 0 Å². The van der Waals surface area contributed by atoms with Crippen LogP contribution >= 0.6 is 11.9 Å². The number of nitrogens with zero attached hydrogens (tertiary/aromatic N) is 2. The number of rotatable bonds is 4. The highest BCUT2D eigenvalue weighted by atomic mass is 32.2. The Morgan fingerprint density at radius 1 is 0.905 bits per heavy atom. The lowest BCUT2D eigenvalue weighted by Gasteiger charge is -2.06. The standard InChI is InChI=1S/C16H14N4S/c17-13-6-8-14(9-7-13)21-20-16-10-15(18-11-19-16)12-4-2-1-3-5-12/h1-11H,17H2,(H,18,19,20). The van der Waals surface area contributed by atoms with E-state index in [1.165, 1.54) is 11.9 Å². The highest BCUT2D eigenvalue weighted by Crippen LogP contribution is 2.23. The van der Waals surface area contributed by atoms with Gasteiger partial charge in [0.05, 0.1) is 5.69 Å². The molecule has 0 fully saturated rings. The fourth-order valence-corrected chi connectivity index (χ4v) is 2.43. The smallest absolute Gasteiger partial charge is 0.140 e. The summed E-state index contributed by atoms with van der Waals surface area (Å²) in [6, 6.07) is 19.6. The molecule has 1 heterocycles. The summed E-state index contributed by atoms with van der Waals surface area (Å²) in [4.78, 5) is 9.60. The molecule has 5 heteroatoms. The van der Waals surface area contributed by atoms with Crippen molar-refractivity contribution in [1.29, 1.82) is 0 Å². The van der Waals surface area contributed by atoms with Crippen molar-refractivity contribution in [1.82, 2.24) is 9.97 Å². The average molecular weight is 294 g/mol. The summed E-state index contributed by atoms with van der Waals surface area (Å²) in [5.74, 6) is 0.769. The van der Waals surface area contributed by atoms with Crippen LogP contribution in [0.25, 0.3) is 11.3 Å². The second-order valence-corrected chi connectivity index (χ2v) is 5.31. The molecule has 3 N–H and O–H groups in total. The minimum atomic E-state index is 0.757. The van der Waals surface area contributed by atoms with E-state index in [0.29, 0.717) is 0 Å². The number of nitrogen functional groups attached to an aromatic ring is 1. The van der Waals surface area contributed by atoms with Gasteiger partial charge in [-0.15, -0.1) is 0 Å². The number of nitrogens with one attached hydrogen (secondary N) is 1. The van der Waals surface area contributed by atoms with Gasteiger partial charge in [-0.25, -0.2) is 9.97 Å². The Balaban J connectivity index is 1.73. The van der Waals surface area contributed by atoms with Crippen LogP contribution in [0.2, 0.25) is 0 Å². The molecule has 0 radical (unpaired) electrons. The van der Waals surface area contributed by atoms with Crippen LogP contribution in [0.15, 0.2) is 71.9 Å². The fraction of sp³-hybridized carbons (Fsp3) is 0. The van der Waals surface area contributed by atoms with Crippen molar-refractivity contribution in [2.45, 2.75) is 4.90 Å². The van der Waals surface area contributed by atoms with Gasteiger partial charge in [-0.3, -0.25) is 0 Å². The molecule has 3 aromatic rings. The van der Waals surface area contributed by atoms with Crippen LogP contribution in [0.5, 0.6) is 0 Å². The number of aromatic nitrogens is 2. The van der Waals surface area contributed by atoms with Crippen LogP contribution in [-0.4, -0.2) is 9.97 Å². The lowest BCUT2D eigenvalue weighted by atomic mass is 10.1. The maximum atomic E-state index is 5.67. The predicted octanol–water partition coefficient (Wildman–Crippen LogP) is 3.85. The topological polar surface area (TPSA) is 63.8 Å². The number of anilines is 2. The molecule has 0 aliphatic heterocycles. The largest absolute Gasteiger partial charge is 0.399 e. The molecular weight excluding hydrogens is 280 g/mol. The van der Waals surface area contributed by atoms with Gasteiger partial charge in [0.25, 0.3) is 0 Å². The van der Waals surface area contributed by atoms with Crippen molar-refractivity contribution in [3.8, 4) is 11.3 Å². The van der Waals surface area contributed by atoms with Crippen molar-refractivity contribution in [2.24, 2.45) is 0 Å². The SMILES string of the molecule is Nc1ccc(SNc2cc(-c3ccccc3)ncn2)cc1. The van der Waals surface area contributed by atoms with Crippen molar-refractivity contribution < 1.29 is 0 Å². The van der Waals surface area contributed by atoms with Gasteiger partial charge < -0.3 is 10.5 Å². The third kappa shape index (κ3) is 3.52. The first-order valence-corrected chi connectivity index (χ1v) is 7.29. The molecule has 1 aromatic heterocycles. The Labute approximate surface area is 127 Å². The molecule has 0 aliphatic rings. The highest BCUT2D eigenvalue weighted by molar-refractivity contribution is 8.00. The van der Waals surface area contributed by atoms with Gasteiger partial charge in [-0.05, 0) is 36.2 Å². The van der Waals surface area contributed by atoms with Crippen LogP contribution in [0.1, 0.15) is 0 Å². The van der Waals surface area contributed by atoms with E-state index < -0.39 is 0 Å². The van der Waals surface area contributed by atoms with E-state index in [9.17, 15) is 0 Å². The molecule has 2 aromatic carbocycles. The molecule has 0 amide bonds. The van der Waals surface area contributed by atoms with Crippen LogP contribution in [0.4, 0.5) is 11.5 Å². The molecule has 0 spiro atoms. The summed E-state index contributed by atoms with van der Waals surface area (Å²) in [5.41, 5.74) is 8.39. The van der Waals surface area contributed by atoms with Crippen molar-refractivity contribution >= 4 is 23.5 Å². The van der Waals surface area contributed by atoms with E-state index in [2.05, 4.69) is 14.7 Å². The van der Waals surface area contributed by atoms with Crippen LogP contribution < -0.4 is 10.5 Å². The summed E-state index contributed by atoms with van der Waals surface area (Å²) >= 11 is 1.49. The Morgan fingerprint density at radius 2 is 1.67 bits per heavy atom. The number of benzene rings is 2. The normalized spacial score (nSPS) is 10.3. The maximum absolute atomic E-state index is 5.67. The summed E-state index contributed by atoms with van der Waals surface area (Å²) in [7, 11) is 0. The van der Waals surface area contributed by atoms with Crippen molar-refractivity contribution in [2.75, 3.05) is 10.5 Å². The first-order chi connectivity index (χ1) is 10.3. The van der Waals surface area contributed by atoms with E-state index in [1.54, 1.807) is 6.33 Å². The first-order valence-electron chi connectivity index (χ1n) is 6.47. The minimum absolute atomic E-state index is 0.757. The Kier molecular flexibility index (Phi) is 4.02. The zero-order valence-electron chi connectivity index (χ0n) is 11.2. The zero-order chi connectivity index (χ0) is 14.5. The number of hydrogen-bond donors (Lipinski definition) is 2. The average Bonchev–Trinajstić information content (AvgIpc) is 2.55. The van der Waals surface area contributed by atoms with Gasteiger partial charge >= 0.3 is 0 Å². The molecule has 0 saturated carbocycles. The number of hydrogen-bond acceptors (Lipinski definition) is 5. The van der Waals surface area contributed by atoms with Gasteiger partial charge in [0.15, 0.2) is 0 Å². The molecule has 0 saturated heterocycles. The van der Waals surface area contributed by atoms with E-state index in [4.69, 9.17) is 5.73 Å². The molecule has 4 nitrogen and oxygen atoms in total. The molecule has 104 valence electrons. The van der Waals surface area contributed by atoms with Gasteiger partial charge in [0.2, 0.25) is 0 Å². The van der Waals surface area contributed by atoms with Gasteiger partial charge in [-0.1, -0.05) is 30.3 Å². The Bertz CT molecular complexity index is 714. The maximum Gasteiger partial charge on any atom is 0.140 e. The monoisotopic (exact) mass is 294 g/mol. The van der Waals surface area contributed by atoms with Crippen molar-refractivity contribution in [3.63, 3.8) is 0 Å². The molecule has 3 rings (SSSR count). The quantitative estimate of drug-likeness (QED) is 0.565. The van der Waals surface area contributed by atoms with Crippen LogP contribution in [0.3, 0.4) is 0 Å². The molecule has 21 heavy (non-hydrogen) atoms. The second kappa shape index (κ2) is 6.28. The van der Waals surface area contributed by atoms with E-state index in [1.807, 2.05) is 60.7 Å². The third-order valence-corrected chi connectivity index (χ3v) is 3.71. The zero-order valence-corrected chi connectivity index (χ0v) is 12.0. The number of nitrogens with two attached hydrogens (primary N) is 1. The summed E-state index contributed by atoms with van der Waals surface area (Å²) in [6.45, 7) is 0. The Morgan fingerprint density at radius 3 is 2.43 bits per heavy atom. The summed E-state index contributed by atoms with van der Waals surface area (Å²) < 4.78 is 3.22. The van der Waals surface area contributed by atoms with E-state index >= 15 is 0 Å². The van der Waals surface area contributed by atoms with Crippen LogP contribution in [-0.2, 0) is 0 Å². The fourth-order valence-electron chi connectivity index (χ4n) is 1.83. The minimum Gasteiger partial charge on any atom is -0.399 e. The summed E-state index contributed by atoms with van der Waals surface area (Å²) in [6.07, 6.45) is 1.56. The first kappa shape index (κ1) is 13.5. The molecular formula is C16H14N4S.